The quantitative estimate of drug-likeness (QED) is 0.786. The van der Waals surface area contributed by atoms with Gasteiger partial charge in [-0.15, -0.1) is 16.4 Å². The number of thiophene rings is 1. The van der Waals surface area contributed by atoms with E-state index in [9.17, 15) is 0 Å². The predicted octanol–water partition coefficient (Wildman–Crippen LogP) is 1.72. The number of nitrogens with one attached hydrogen (secondary N) is 1. The highest BCUT2D eigenvalue weighted by Crippen LogP contribution is 2.23. The molecule has 4 nitrogen and oxygen atoms in total. The van der Waals surface area contributed by atoms with E-state index < -0.39 is 0 Å². The highest BCUT2D eigenvalue weighted by Gasteiger charge is 2.04. The molecule has 3 N–H and O–H groups in total. The maximum absolute atomic E-state index is 5.37. The third kappa shape index (κ3) is 1.44. The molecule has 2 heterocycles. The summed E-state index contributed by atoms with van der Waals surface area (Å²) in [6.45, 7) is 0. The van der Waals surface area contributed by atoms with Crippen LogP contribution in [0.1, 0.15) is 0 Å². The monoisotopic (exact) mass is 292 g/mol. The van der Waals surface area contributed by atoms with Crippen molar-refractivity contribution in [2.24, 2.45) is 0 Å². The number of aromatic nitrogens is 3. The summed E-state index contributed by atoms with van der Waals surface area (Å²) in [5.41, 5.74) is 6.41. The highest BCUT2D eigenvalue weighted by molar-refractivity contribution is 14.1. The fraction of sp³-hybridized carbons (Fsp3) is 0. The first-order valence-corrected chi connectivity index (χ1v) is 5.14. The summed E-state index contributed by atoms with van der Waals surface area (Å²) >= 11 is 3.93. The van der Waals surface area contributed by atoms with Gasteiger partial charge in [-0.1, -0.05) is 0 Å². The van der Waals surface area contributed by atoms with Crippen LogP contribution in [0.5, 0.6) is 0 Å². The first kappa shape index (κ1) is 7.99. The highest BCUT2D eigenvalue weighted by atomic mass is 127. The molecule has 0 bridgehead atoms. The van der Waals surface area contributed by atoms with Crippen molar-refractivity contribution < 1.29 is 0 Å². The maximum atomic E-state index is 5.37. The molecule has 0 fully saturated rings. The van der Waals surface area contributed by atoms with Gasteiger partial charge >= 0.3 is 0 Å². The van der Waals surface area contributed by atoms with Crippen molar-refractivity contribution >= 4 is 39.9 Å². The minimum absolute atomic E-state index is 0.284. The third-order valence-corrected chi connectivity index (χ3v) is 3.13. The Labute approximate surface area is 86.3 Å². The second-order valence-electron chi connectivity index (χ2n) is 2.18. The first-order valence-electron chi connectivity index (χ1n) is 3.18. The molecule has 0 aliphatic heterocycles. The van der Waals surface area contributed by atoms with Gasteiger partial charge in [-0.3, -0.25) is 5.10 Å². The van der Waals surface area contributed by atoms with Crippen LogP contribution < -0.4 is 5.73 Å². The normalized spacial score (nSPS) is 10.4. The predicted molar refractivity (Wildman–Crippen MR) is 56.8 cm³/mol. The molecule has 0 unspecified atom stereocenters. The fourth-order valence-corrected chi connectivity index (χ4v) is 2.17. The molecule has 2 rings (SSSR count). The first-order chi connectivity index (χ1) is 5.75. The van der Waals surface area contributed by atoms with Gasteiger partial charge in [-0.05, 0) is 28.7 Å². The Bertz CT molecular complexity index is 355. The van der Waals surface area contributed by atoms with Crippen molar-refractivity contribution in [3.05, 3.63) is 14.3 Å². The van der Waals surface area contributed by atoms with Gasteiger partial charge in [0.15, 0.2) is 5.82 Å². The molecule has 12 heavy (non-hydrogen) atoms. The zero-order chi connectivity index (χ0) is 8.55. The van der Waals surface area contributed by atoms with E-state index in [-0.39, 0.29) is 5.95 Å². The van der Waals surface area contributed by atoms with Gasteiger partial charge in [0.2, 0.25) is 5.95 Å². The van der Waals surface area contributed by atoms with Crippen LogP contribution in [0.2, 0.25) is 0 Å². The molecule has 0 aliphatic carbocycles. The Morgan fingerprint density at radius 3 is 2.92 bits per heavy atom. The van der Waals surface area contributed by atoms with Crippen molar-refractivity contribution in [2.75, 3.05) is 5.73 Å². The van der Waals surface area contributed by atoms with E-state index in [1.165, 1.54) is 2.88 Å². The van der Waals surface area contributed by atoms with E-state index in [0.717, 1.165) is 11.4 Å². The number of H-pyrrole nitrogens is 1. The smallest absolute Gasteiger partial charge is 0.239 e. The molecule has 0 aliphatic rings. The number of hydrogen-bond acceptors (Lipinski definition) is 4. The largest absolute Gasteiger partial charge is 0.366 e. The fourth-order valence-electron chi connectivity index (χ4n) is 0.838. The van der Waals surface area contributed by atoms with E-state index in [1.54, 1.807) is 11.3 Å². The van der Waals surface area contributed by atoms with E-state index in [0.29, 0.717) is 0 Å². The maximum Gasteiger partial charge on any atom is 0.239 e. The molecular formula is C6H5IN4S. The lowest BCUT2D eigenvalue weighted by molar-refractivity contribution is 1.10. The van der Waals surface area contributed by atoms with Gasteiger partial charge < -0.3 is 5.73 Å². The Hall–Kier alpha value is -0.630. The van der Waals surface area contributed by atoms with Gasteiger partial charge in [0.25, 0.3) is 0 Å². The van der Waals surface area contributed by atoms with Crippen LogP contribution in [-0.4, -0.2) is 15.2 Å². The Balaban J connectivity index is 2.43. The molecule has 0 spiro atoms. The second-order valence-corrected chi connectivity index (χ2v) is 4.99. The number of nitrogens with two attached hydrogens (primary N) is 1. The average Bonchev–Trinajstić information content (AvgIpc) is 2.58. The SMILES string of the molecule is Nc1n[nH]c(-c2csc(I)c2)n1. The molecule has 0 atom stereocenters. The van der Waals surface area contributed by atoms with Crippen LogP contribution >= 0.6 is 33.9 Å². The third-order valence-electron chi connectivity index (χ3n) is 1.34. The number of rotatable bonds is 1. The zero-order valence-corrected chi connectivity index (χ0v) is 8.89. The average molecular weight is 292 g/mol. The number of nitrogens with zero attached hydrogens (tertiary/aromatic N) is 2. The van der Waals surface area contributed by atoms with Crippen LogP contribution in [0.15, 0.2) is 11.4 Å². The number of halogens is 1. The van der Waals surface area contributed by atoms with Crippen LogP contribution in [0, 0.1) is 2.88 Å². The Kier molecular flexibility index (Phi) is 2.01. The van der Waals surface area contributed by atoms with Gasteiger partial charge in [0.05, 0.1) is 2.88 Å². The molecule has 2 aromatic heterocycles. The second kappa shape index (κ2) is 3.02. The van der Waals surface area contributed by atoms with Gasteiger partial charge in [-0.2, -0.15) is 4.98 Å². The van der Waals surface area contributed by atoms with Gasteiger partial charge in [-0.25, -0.2) is 0 Å². The van der Waals surface area contributed by atoms with E-state index in [1.807, 2.05) is 11.4 Å². The minimum Gasteiger partial charge on any atom is -0.366 e. The number of anilines is 1. The summed E-state index contributed by atoms with van der Waals surface area (Å²) in [4.78, 5) is 4.01. The molecule has 62 valence electrons. The minimum atomic E-state index is 0.284. The molecule has 2 aromatic rings. The Morgan fingerprint density at radius 2 is 2.42 bits per heavy atom. The number of aromatic amines is 1. The molecule has 0 saturated carbocycles. The van der Waals surface area contributed by atoms with Crippen molar-refractivity contribution in [3.63, 3.8) is 0 Å². The van der Waals surface area contributed by atoms with E-state index in [4.69, 9.17) is 5.73 Å². The number of hydrogen-bond donors (Lipinski definition) is 2. The molecule has 0 saturated heterocycles. The van der Waals surface area contributed by atoms with Crippen LogP contribution in [0.3, 0.4) is 0 Å². The van der Waals surface area contributed by atoms with Crippen LogP contribution in [0.25, 0.3) is 11.4 Å². The lowest BCUT2D eigenvalue weighted by atomic mass is 10.3. The van der Waals surface area contributed by atoms with Crippen LogP contribution in [0.4, 0.5) is 5.95 Å². The van der Waals surface area contributed by atoms with Gasteiger partial charge in [0, 0.05) is 10.9 Å². The standard InChI is InChI=1S/C6H5IN4S/c7-4-1-3(2-12-4)5-9-6(8)11-10-5/h1-2H,(H3,8,9,10,11). The molecule has 0 aromatic carbocycles. The summed E-state index contributed by atoms with van der Waals surface area (Å²) in [6, 6.07) is 2.03. The summed E-state index contributed by atoms with van der Waals surface area (Å²) < 4.78 is 1.22. The molecule has 0 radical (unpaired) electrons. The topological polar surface area (TPSA) is 67.6 Å². The van der Waals surface area contributed by atoms with Gasteiger partial charge in [0.1, 0.15) is 0 Å². The summed E-state index contributed by atoms with van der Waals surface area (Å²) in [5.74, 6) is 1.01. The summed E-state index contributed by atoms with van der Waals surface area (Å²) in [6.07, 6.45) is 0. The molecular weight excluding hydrogens is 287 g/mol. The lowest BCUT2D eigenvalue weighted by Crippen LogP contribution is -1.85. The van der Waals surface area contributed by atoms with Crippen molar-refractivity contribution in [2.45, 2.75) is 0 Å². The lowest BCUT2D eigenvalue weighted by Gasteiger charge is -1.84. The number of nitrogen functional groups attached to an aromatic ring is 1. The molecule has 0 amide bonds. The summed E-state index contributed by atoms with van der Waals surface area (Å²) in [5, 5.41) is 8.51. The van der Waals surface area contributed by atoms with Crippen LogP contribution in [-0.2, 0) is 0 Å². The van der Waals surface area contributed by atoms with Crippen molar-refractivity contribution in [1.29, 1.82) is 0 Å². The van der Waals surface area contributed by atoms with Crippen molar-refractivity contribution in [1.82, 2.24) is 15.2 Å². The van der Waals surface area contributed by atoms with Crippen molar-refractivity contribution in [3.8, 4) is 11.4 Å². The summed E-state index contributed by atoms with van der Waals surface area (Å²) in [7, 11) is 0. The Morgan fingerprint density at radius 1 is 1.58 bits per heavy atom. The molecule has 6 heteroatoms. The van der Waals surface area contributed by atoms with E-state index >= 15 is 0 Å². The van der Waals surface area contributed by atoms with E-state index in [2.05, 4.69) is 37.8 Å². The zero-order valence-electron chi connectivity index (χ0n) is 5.91.